The van der Waals surface area contributed by atoms with E-state index >= 15 is 0 Å². The zero-order valence-electron chi connectivity index (χ0n) is 19.5. The standard InChI is InChI=1S/C28H34O5.CH4/c1-3-6-21-7-9-22(10-8-21)23-11-17-26(18-12-23)33-28(30)24-13-15-25(16-14-24)31-19-5-20-32-27(29)4-2;/h4,11-18,21-22H,2-3,5-10,19-20H2,1H3;1H4. The van der Waals surface area contributed by atoms with Crippen LogP contribution in [0.25, 0.3) is 0 Å². The van der Waals surface area contributed by atoms with Crippen molar-refractivity contribution in [1.82, 2.24) is 0 Å². The maximum Gasteiger partial charge on any atom is 0.343 e. The molecule has 0 atom stereocenters. The molecule has 0 N–H and O–H groups in total. The Morgan fingerprint density at radius 2 is 1.59 bits per heavy atom. The second kappa shape index (κ2) is 14.2. The van der Waals surface area contributed by atoms with Gasteiger partial charge in [-0.05, 0) is 79.5 Å². The van der Waals surface area contributed by atoms with Gasteiger partial charge in [-0.2, -0.15) is 0 Å². The number of carbonyl (C=O) groups excluding carboxylic acids is 2. The predicted octanol–water partition coefficient (Wildman–Crippen LogP) is 7.11. The first-order chi connectivity index (χ1) is 16.1. The monoisotopic (exact) mass is 466 g/mol. The molecule has 0 saturated heterocycles. The Morgan fingerprint density at radius 3 is 2.21 bits per heavy atom. The SMILES string of the molecule is C.C=CC(=O)OCCCOc1ccc(C(=O)Oc2ccc(C3CCC(CCC)CC3)cc2)cc1. The fourth-order valence-corrected chi connectivity index (χ4v) is 4.33. The molecule has 0 radical (unpaired) electrons. The molecule has 0 spiro atoms. The third-order valence-electron chi connectivity index (χ3n) is 6.16. The van der Waals surface area contributed by atoms with Gasteiger partial charge in [0.2, 0.25) is 0 Å². The second-order valence-corrected chi connectivity index (χ2v) is 8.56. The van der Waals surface area contributed by atoms with Gasteiger partial charge < -0.3 is 14.2 Å². The van der Waals surface area contributed by atoms with E-state index in [1.54, 1.807) is 24.3 Å². The highest BCUT2D eigenvalue weighted by Crippen LogP contribution is 2.37. The summed E-state index contributed by atoms with van der Waals surface area (Å²) in [7, 11) is 0. The minimum absolute atomic E-state index is 0. The first kappa shape index (κ1) is 27.2. The van der Waals surface area contributed by atoms with Crippen molar-refractivity contribution in [3.05, 3.63) is 72.3 Å². The summed E-state index contributed by atoms with van der Waals surface area (Å²) < 4.78 is 16.0. The average Bonchev–Trinajstić information content (AvgIpc) is 2.85. The molecule has 34 heavy (non-hydrogen) atoms. The van der Waals surface area contributed by atoms with Gasteiger partial charge in [0.15, 0.2) is 0 Å². The van der Waals surface area contributed by atoms with Crippen LogP contribution in [0.15, 0.2) is 61.2 Å². The van der Waals surface area contributed by atoms with E-state index in [4.69, 9.17) is 14.2 Å². The van der Waals surface area contributed by atoms with Crippen molar-refractivity contribution in [2.45, 2.75) is 65.2 Å². The lowest BCUT2D eigenvalue weighted by molar-refractivity contribution is -0.137. The van der Waals surface area contributed by atoms with E-state index < -0.39 is 11.9 Å². The summed E-state index contributed by atoms with van der Waals surface area (Å²) in [5.74, 6) is 1.86. The molecule has 184 valence electrons. The van der Waals surface area contributed by atoms with Gasteiger partial charge in [0.1, 0.15) is 11.5 Å². The van der Waals surface area contributed by atoms with Crippen molar-refractivity contribution in [2.75, 3.05) is 13.2 Å². The second-order valence-electron chi connectivity index (χ2n) is 8.56. The highest BCUT2D eigenvalue weighted by molar-refractivity contribution is 5.91. The van der Waals surface area contributed by atoms with E-state index in [2.05, 4.69) is 25.6 Å². The van der Waals surface area contributed by atoms with Crippen molar-refractivity contribution in [3.63, 3.8) is 0 Å². The van der Waals surface area contributed by atoms with Crippen LogP contribution in [0.3, 0.4) is 0 Å². The summed E-state index contributed by atoms with van der Waals surface area (Å²) in [4.78, 5) is 23.5. The van der Waals surface area contributed by atoms with Crippen LogP contribution in [-0.4, -0.2) is 25.2 Å². The lowest BCUT2D eigenvalue weighted by Gasteiger charge is -2.28. The summed E-state index contributed by atoms with van der Waals surface area (Å²) in [6.07, 6.45) is 9.46. The van der Waals surface area contributed by atoms with E-state index in [1.807, 2.05) is 12.1 Å². The van der Waals surface area contributed by atoms with Gasteiger partial charge in [0.25, 0.3) is 0 Å². The van der Waals surface area contributed by atoms with E-state index in [9.17, 15) is 9.59 Å². The fraction of sp³-hybridized carbons (Fsp3) is 0.448. The van der Waals surface area contributed by atoms with E-state index in [1.165, 1.54) is 44.1 Å². The molecular weight excluding hydrogens is 428 g/mol. The Balaban J connectivity index is 0.00000408. The molecule has 1 fully saturated rings. The smallest absolute Gasteiger partial charge is 0.343 e. The molecular formula is C29H38O5. The molecule has 0 unspecified atom stereocenters. The molecule has 0 bridgehead atoms. The van der Waals surface area contributed by atoms with Gasteiger partial charge in [0.05, 0.1) is 18.8 Å². The lowest BCUT2D eigenvalue weighted by atomic mass is 9.77. The van der Waals surface area contributed by atoms with E-state index in [-0.39, 0.29) is 14.0 Å². The van der Waals surface area contributed by atoms with Crippen molar-refractivity contribution in [1.29, 1.82) is 0 Å². The molecule has 1 aliphatic rings. The fourth-order valence-electron chi connectivity index (χ4n) is 4.33. The number of hydrogen-bond donors (Lipinski definition) is 0. The minimum atomic E-state index is -0.443. The maximum atomic E-state index is 12.5. The van der Waals surface area contributed by atoms with Crippen LogP contribution in [0, 0.1) is 5.92 Å². The van der Waals surface area contributed by atoms with Gasteiger partial charge in [0, 0.05) is 12.5 Å². The molecule has 1 saturated carbocycles. The third kappa shape index (κ3) is 8.36. The Morgan fingerprint density at radius 1 is 0.941 bits per heavy atom. The molecule has 5 nitrogen and oxygen atoms in total. The molecule has 2 aromatic carbocycles. The highest BCUT2D eigenvalue weighted by atomic mass is 16.5. The zero-order valence-corrected chi connectivity index (χ0v) is 19.5. The number of hydrogen-bond acceptors (Lipinski definition) is 5. The largest absolute Gasteiger partial charge is 0.493 e. The van der Waals surface area contributed by atoms with Crippen molar-refractivity contribution < 1.29 is 23.8 Å². The summed E-state index contributed by atoms with van der Waals surface area (Å²) in [5.41, 5.74) is 1.80. The predicted molar refractivity (Wildman–Crippen MR) is 135 cm³/mol. The number of benzene rings is 2. The van der Waals surface area contributed by atoms with E-state index in [0.29, 0.717) is 36.0 Å². The van der Waals surface area contributed by atoms with Gasteiger partial charge >= 0.3 is 11.9 Å². The third-order valence-corrected chi connectivity index (χ3v) is 6.16. The average molecular weight is 467 g/mol. The van der Waals surface area contributed by atoms with Crippen LogP contribution in [-0.2, 0) is 9.53 Å². The summed E-state index contributed by atoms with van der Waals surface area (Å²) in [6, 6.07) is 14.8. The van der Waals surface area contributed by atoms with Crippen LogP contribution in [0.5, 0.6) is 11.5 Å². The van der Waals surface area contributed by atoms with Gasteiger partial charge in [-0.1, -0.05) is 45.9 Å². The normalized spacial score (nSPS) is 17.2. The minimum Gasteiger partial charge on any atom is -0.493 e. The number of ether oxygens (including phenoxy) is 3. The Bertz CT molecular complexity index is 893. The molecule has 2 aromatic rings. The lowest BCUT2D eigenvalue weighted by Crippen LogP contribution is -2.13. The molecule has 1 aliphatic carbocycles. The van der Waals surface area contributed by atoms with Gasteiger partial charge in [-0.3, -0.25) is 0 Å². The molecule has 0 aromatic heterocycles. The first-order valence-electron chi connectivity index (χ1n) is 11.9. The Labute approximate surface area is 204 Å². The number of carbonyl (C=O) groups is 2. The molecule has 0 amide bonds. The molecule has 3 rings (SSSR count). The number of rotatable bonds is 11. The maximum absolute atomic E-state index is 12.5. The molecule has 0 aliphatic heterocycles. The summed E-state index contributed by atoms with van der Waals surface area (Å²) >= 11 is 0. The van der Waals surface area contributed by atoms with Crippen LogP contribution in [0.1, 0.15) is 81.1 Å². The van der Waals surface area contributed by atoms with Crippen LogP contribution in [0.4, 0.5) is 0 Å². The number of esters is 2. The quantitative estimate of drug-likeness (QED) is 0.153. The van der Waals surface area contributed by atoms with Crippen LogP contribution in [0.2, 0.25) is 0 Å². The summed E-state index contributed by atoms with van der Waals surface area (Å²) in [6.45, 7) is 6.29. The zero-order chi connectivity index (χ0) is 23.5. The summed E-state index contributed by atoms with van der Waals surface area (Å²) in [5, 5.41) is 0. The van der Waals surface area contributed by atoms with Crippen LogP contribution >= 0.6 is 0 Å². The van der Waals surface area contributed by atoms with Crippen molar-refractivity contribution >= 4 is 11.9 Å². The Hall–Kier alpha value is -3.08. The van der Waals surface area contributed by atoms with Crippen LogP contribution < -0.4 is 9.47 Å². The molecule has 0 heterocycles. The van der Waals surface area contributed by atoms with Crippen molar-refractivity contribution in [3.8, 4) is 11.5 Å². The van der Waals surface area contributed by atoms with Gasteiger partial charge in [-0.25, -0.2) is 9.59 Å². The first-order valence-corrected chi connectivity index (χ1v) is 11.9. The Kier molecular flexibility index (Phi) is 11.4. The highest BCUT2D eigenvalue weighted by Gasteiger charge is 2.21. The van der Waals surface area contributed by atoms with E-state index in [0.717, 1.165) is 12.0 Å². The molecule has 5 heteroatoms. The topological polar surface area (TPSA) is 61.8 Å². The van der Waals surface area contributed by atoms with Crippen molar-refractivity contribution in [2.24, 2.45) is 5.92 Å². The van der Waals surface area contributed by atoms with Gasteiger partial charge in [-0.15, -0.1) is 0 Å².